The number of carbonyl (C=O) groups is 3. The number of amides is 3. The highest BCUT2D eigenvalue weighted by atomic mass is 32.2. The molecule has 7 nitrogen and oxygen atoms in total. The van der Waals surface area contributed by atoms with E-state index in [0.29, 0.717) is 22.7 Å². The second-order valence-electron chi connectivity index (χ2n) is 6.47. The molecule has 9 heteroatoms. The molecule has 1 aromatic carbocycles. The molecular weight excluding hydrogens is 384 g/mol. The van der Waals surface area contributed by atoms with Crippen molar-refractivity contribution in [2.24, 2.45) is 5.92 Å². The number of aromatic nitrogens is 2. The molecule has 3 amide bonds. The van der Waals surface area contributed by atoms with E-state index in [9.17, 15) is 14.4 Å². The second kappa shape index (κ2) is 8.18. The van der Waals surface area contributed by atoms with Crippen LogP contribution in [-0.2, 0) is 4.79 Å². The van der Waals surface area contributed by atoms with Crippen LogP contribution in [0.4, 0.5) is 5.13 Å². The SMILES string of the molecule is CCSc1nnc(NC(=O)[C@H](CC(C)C)N2C(=O)c3ccccc3C2=O)s1. The van der Waals surface area contributed by atoms with Gasteiger partial charge in [0.05, 0.1) is 11.1 Å². The molecule has 2 aromatic rings. The first kappa shape index (κ1) is 19.5. The molecular formula is C18H20N4O3S2. The number of nitrogens with zero attached hydrogens (tertiary/aromatic N) is 3. The molecule has 0 saturated heterocycles. The van der Waals surface area contributed by atoms with Crippen LogP contribution in [0.2, 0.25) is 0 Å². The van der Waals surface area contributed by atoms with Crippen LogP contribution in [0, 0.1) is 5.92 Å². The monoisotopic (exact) mass is 404 g/mol. The van der Waals surface area contributed by atoms with Gasteiger partial charge in [-0.25, -0.2) is 0 Å². The minimum Gasteiger partial charge on any atom is -0.299 e. The van der Waals surface area contributed by atoms with E-state index < -0.39 is 23.8 Å². The summed E-state index contributed by atoms with van der Waals surface area (Å²) in [7, 11) is 0. The molecule has 1 aliphatic heterocycles. The predicted molar refractivity (Wildman–Crippen MR) is 105 cm³/mol. The maximum atomic E-state index is 12.9. The molecule has 0 unspecified atom stereocenters. The van der Waals surface area contributed by atoms with Gasteiger partial charge in [0.1, 0.15) is 6.04 Å². The molecule has 142 valence electrons. The van der Waals surface area contributed by atoms with E-state index >= 15 is 0 Å². The lowest BCUT2D eigenvalue weighted by Gasteiger charge is -2.26. The summed E-state index contributed by atoms with van der Waals surface area (Å²) in [4.78, 5) is 39.5. The van der Waals surface area contributed by atoms with Crippen molar-refractivity contribution in [1.82, 2.24) is 15.1 Å². The zero-order valence-electron chi connectivity index (χ0n) is 15.3. The van der Waals surface area contributed by atoms with E-state index in [2.05, 4.69) is 15.5 Å². The fourth-order valence-electron chi connectivity index (χ4n) is 2.90. The highest BCUT2D eigenvalue weighted by Gasteiger charge is 2.42. The molecule has 1 aliphatic rings. The molecule has 0 fully saturated rings. The third-order valence-corrected chi connectivity index (χ3v) is 5.89. The summed E-state index contributed by atoms with van der Waals surface area (Å²) in [6, 6.07) is 5.74. The van der Waals surface area contributed by atoms with Gasteiger partial charge in [0.2, 0.25) is 11.0 Å². The van der Waals surface area contributed by atoms with Crippen LogP contribution >= 0.6 is 23.1 Å². The van der Waals surface area contributed by atoms with Gasteiger partial charge in [-0.2, -0.15) is 0 Å². The number of nitrogens with one attached hydrogen (secondary N) is 1. The zero-order chi connectivity index (χ0) is 19.6. The van der Waals surface area contributed by atoms with E-state index in [1.807, 2.05) is 20.8 Å². The number of imide groups is 1. The van der Waals surface area contributed by atoms with Crippen molar-refractivity contribution in [3.63, 3.8) is 0 Å². The Hall–Kier alpha value is -2.26. The third-order valence-electron chi connectivity index (χ3n) is 4.04. The minimum absolute atomic E-state index is 0.116. The van der Waals surface area contributed by atoms with Crippen LogP contribution < -0.4 is 5.32 Å². The average Bonchev–Trinajstić information content (AvgIpc) is 3.17. The summed E-state index contributed by atoms with van der Waals surface area (Å²) in [5.74, 6) is -0.326. The summed E-state index contributed by atoms with van der Waals surface area (Å²) >= 11 is 2.81. The molecule has 3 rings (SSSR count). The summed E-state index contributed by atoms with van der Waals surface area (Å²) < 4.78 is 0.758. The van der Waals surface area contributed by atoms with Gasteiger partial charge in [-0.1, -0.05) is 56.0 Å². The highest BCUT2D eigenvalue weighted by molar-refractivity contribution is 8.01. The third kappa shape index (κ3) is 4.03. The lowest BCUT2D eigenvalue weighted by molar-refractivity contribution is -0.120. The van der Waals surface area contributed by atoms with Gasteiger partial charge >= 0.3 is 0 Å². The second-order valence-corrected chi connectivity index (χ2v) is 8.96. The summed E-state index contributed by atoms with van der Waals surface area (Å²) in [6.07, 6.45) is 0.368. The lowest BCUT2D eigenvalue weighted by atomic mass is 10.0. The smallest absolute Gasteiger partial charge is 0.262 e. The Morgan fingerprint density at radius 3 is 2.37 bits per heavy atom. The van der Waals surface area contributed by atoms with Crippen LogP contribution in [0.5, 0.6) is 0 Å². The van der Waals surface area contributed by atoms with E-state index in [1.54, 1.807) is 24.3 Å². The number of thioether (sulfide) groups is 1. The van der Waals surface area contributed by atoms with Gasteiger partial charge in [0.25, 0.3) is 11.8 Å². The Kier molecular flexibility index (Phi) is 5.91. The zero-order valence-corrected chi connectivity index (χ0v) is 16.9. The Morgan fingerprint density at radius 1 is 1.19 bits per heavy atom. The fourth-order valence-corrected chi connectivity index (χ4v) is 4.55. The number of hydrogen-bond donors (Lipinski definition) is 1. The lowest BCUT2D eigenvalue weighted by Crippen LogP contribution is -2.47. The Balaban J connectivity index is 1.84. The molecule has 1 N–H and O–H groups in total. The highest BCUT2D eigenvalue weighted by Crippen LogP contribution is 2.29. The normalized spacial score (nSPS) is 14.6. The topological polar surface area (TPSA) is 92.3 Å². The number of benzene rings is 1. The molecule has 0 bridgehead atoms. The number of fused-ring (bicyclic) bond motifs is 1. The van der Waals surface area contributed by atoms with Gasteiger partial charge in [-0.15, -0.1) is 10.2 Å². The van der Waals surface area contributed by atoms with Crippen molar-refractivity contribution < 1.29 is 14.4 Å². The van der Waals surface area contributed by atoms with Crippen molar-refractivity contribution in [3.8, 4) is 0 Å². The van der Waals surface area contributed by atoms with E-state index in [0.717, 1.165) is 15.0 Å². The minimum atomic E-state index is -0.899. The Labute approximate surface area is 165 Å². The van der Waals surface area contributed by atoms with Crippen molar-refractivity contribution >= 4 is 46.0 Å². The number of hydrogen-bond acceptors (Lipinski definition) is 7. The summed E-state index contributed by atoms with van der Waals surface area (Å²) in [6.45, 7) is 5.89. The maximum Gasteiger partial charge on any atom is 0.262 e. The molecule has 0 spiro atoms. The first-order valence-corrected chi connectivity index (χ1v) is 10.5. The maximum absolute atomic E-state index is 12.9. The average molecular weight is 405 g/mol. The molecule has 2 heterocycles. The van der Waals surface area contributed by atoms with Crippen molar-refractivity contribution in [1.29, 1.82) is 0 Å². The largest absolute Gasteiger partial charge is 0.299 e. The van der Waals surface area contributed by atoms with Gasteiger partial charge in [-0.3, -0.25) is 24.6 Å². The molecule has 0 radical (unpaired) electrons. The van der Waals surface area contributed by atoms with Gasteiger partial charge < -0.3 is 0 Å². The van der Waals surface area contributed by atoms with Crippen LogP contribution in [0.3, 0.4) is 0 Å². The molecule has 1 atom stereocenters. The summed E-state index contributed by atoms with van der Waals surface area (Å²) in [5.41, 5.74) is 0.670. The van der Waals surface area contributed by atoms with E-state index in [-0.39, 0.29) is 5.92 Å². The molecule has 0 aliphatic carbocycles. The van der Waals surface area contributed by atoms with Crippen molar-refractivity contribution in [2.45, 2.75) is 37.6 Å². The van der Waals surface area contributed by atoms with Gasteiger partial charge in [0, 0.05) is 0 Å². The van der Waals surface area contributed by atoms with E-state index in [1.165, 1.54) is 23.1 Å². The first-order chi connectivity index (χ1) is 12.9. The van der Waals surface area contributed by atoms with Crippen LogP contribution in [-0.4, -0.2) is 44.6 Å². The van der Waals surface area contributed by atoms with Crippen LogP contribution in [0.15, 0.2) is 28.6 Å². The van der Waals surface area contributed by atoms with Gasteiger partial charge in [-0.05, 0) is 30.2 Å². The Bertz CT molecular complexity index is 846. The van der Waals surface area contributed by atoms with E-state index in [4.69, 9.17) is 0 Å². The standard InChI is InChI=1S/C18H20N4O3S2/c1-4-26-18-21-20-17(27-18)19-14(23)13(9-10(2)3)22-15(24)11-7-5-6-8-12(11)16(22)25/h5-8,10,13H,4,9H2,1-3H3,(H,19,20,23)/t13-/m0/s1. The van der Waals surface area contributed by atoms with Crippen LogP contribution in [0.1, 0.15) is 47.9 Å². The predicted octanol–water partition coefficient (Wildman–Crippen LogP) is 3.30. The number of anilines is 1. The molecule has 1 aromatic heterocycles. The Morgan fingerprint density at radius 2 is 1.81 bits per heavy atom. The number of rotatable bonds is 7. The first-order valence-electron chi connectivity index (χ1n) is 8.66. The van der Waals surface area contributed by atoms with Crippen LogP contribution in [0.25, 0.3) is 0 Å². The van der Waals surface area contributed by atoms with Crippen molar-refractivity contribution in [3.05, 3.63) is 35.4 Å². The van der Waals surface area contributed by atoms with Gasteiger partial charge in [0.15, 0.2) is 4.34 Å². The molecule has 27 heavy (non-hydrogen) atoms. The number of carbonyl (C=O) groups excluding carboxylic acids is 3. The van der Waals surface area contributed by atoms with Crippen molar-refractivity contribution in [2.75, 3.05) is 11.1 Å². The fraction of sp³-hybridized carbons (Fsp3) is 0.389. The quantitative estimate of drug-likeness (QED) is 0.432. The molecule has 0 saturated carbocycles. The summed E-state index contributed by atoms with van der Waals surface area (Å²) in [5, 5.41) is 11.1.